The van der Waals surface area contributed by atoms with Crippen LogP contribution in [0, 0.1) is 0 Å². The van der Waals surface area contributed by atoms with Gasteiger partial charge in [-0.05, 0) is 18.2 Å². The molecular formula is C12H11ClF3N3O2. The van der Waals surface area contributed by atoms with Gasteiger partial charge in [0.15, 0.2) is 0 Å². The fraction of sp³-hybridized carbons (Fsp3) is 0.333. The monoisotopic (exact) mass is 321 g/mol. The van der Waals surface area contributed by atoms with Crippen LogP contribution in [0.3, 0.4) is 0 Å². The molecule has 1 saturated heterocycles. The summed E-state index contributed by atoms with van der Waals surface area (Å²) in [6.07, 6.45) is -4.53. The zero-order chi connectivity index (χ0) is 15.6. The van der Waals surface area contributed by atoms with Crippen LogP contribution in [0.1, 0.15) is 5.56 Å². The van der Waals surface area contributed by atoms with Crippen LogP contribution in [0.2, 0.25) is 5.02 Å². The van der Waals surface area contributed by atoms with Gasteiger partial charge < -0.3 is 10.6 Å². The van der Waals surface area contributed by atoms with Gasteiger partial charge in [-0.25, -0.2) is 0 Å². The Morgan fingerprint density at radius 1 is 1.38 bits per heavy atom. The van der Waals surface area contributed by atoms with Crippen molar-refractivity contribution in [2.45, 2.75) is 12.2 Å². The second-order valence-corrected chi connectivity index (χ2v) is 4.83. The van der Waals surface area contributed by atoms with Crippen LogP contribution in [0.25, 0.3) is 0 Å². The average Bonchev–Trinajstić information content (AvgIpc) is 2.40. The van der Waals surface area contributed by atoms with E-state index in [0.29, 0.717) is 0 Å². The van der Waals surface area contributed by atoms with Gasteiger partial charge in [0.2, 0.25) is 11.8 Å². The first-order chi connectivity index (χ1) is 9.77. The van der Waals surface area contributed by atoms with Gasteiger partial charge in [-0.3, -0.25) is 14.9 Å². The van der Waals surface area contributed by atoms with Gasteiger partial charge in [0.1, 0.15) is 6.04 Å². The number of benzene rings is 1. The number of carbonyl (C=O) groups is 2. The van der Waals surface area contributed by atoms with Crippen molar-refractivity contribution in [3.63, 3.8) is 0 Å². The molecule has 1 aromatic carbocycles. The molecule has 0 spiro atoms. The van der Waals surface area contributed by atoms with E-state index in [4.69, 9.17) is 11.6 Å². The van der Waals surface area contributed by atoms with E-state index in [9.17, 15) is 22.8 Å². The minimum atomic E-state index is -4.53. The number of rotatable bonds is 2. The van der Waals surface area contributed by atoms with E-state index >= 15 is 0 Å². The smallest absolute Gasteiger partial charge is 0.353 e. The second kappa shape index (κ2) is 5.90. The number of anilines is 1. The molecule has 9 heteroatoms. The van der Waals surface area contributed by atoms with Crippen molar-refractivity contribution in [2.24, 2.45) is 0 Å². The van der Waals surface area contributed by atoms with Gasteiger partial charge in [0, 0.05) is 6.54 Å². The minimum absolute atomic E-state index is 0.00352. The molecule has 21 heavy (non-hydrogen) atoms. The predicted molar refractivity (Wildman–Crippen MR) is 69.9 cm³/mol. The Bertz CT molecular complexity index is 567. The summed E-state index contributed by atoms with van der Waals surface area (Å²) in [5.74, 6) is -0.827. The maximum Gasteiger partial charge on any atom is 0.416 e. The van der Waals surface area contributed by atoms with Crippen molar-refractivity contribution in [2.75, 3.05) is 18.4 Å². The second-order valence-electron chi connectivity index (χ2n) is 4.42. The zero-order valence-corrected chi connectivity index (χ0v) is 11.3. The van der Waals surface area contributed by atoms with E-state index in [1.807, 2.05) is 0 Å². The summed E-state index contributed by atoms with van der Waals surface area (Å²) in [6, 6.07) is 1.93. The maximum absolute atomic E-state index is 12.6. The molecule has 0 radical (unpaired) electrons. The highest BCUT2D eigenvalue weighted by Gasteiger charge is 2.31. The van der Waals surface area contributed by atoms with Gasteiger partial charge in [0.25, 0.3) is 0 Å². The van der Waals surface area contributed by atoms with E-state index in [-0.39, 0.29) is 29.7 Å². The quantitative estimate of drug-likeness (QED) is 0.771. The summed E-state index contributed by atoms with van der Waals surface area (Å²) in [5, 5.41) is 7.46. The number of nitrogens with one attached hydrogen (secondary N) is 3. The van der Waals surface area contributed by atoms with Crippen LogP contribution in [0.4, 0.5) is 18.9 Å². The topological polar surface area (TPSA) is 70.2 Å². The molecule has 1 unspecified atom stereocenters. The molecule has 2 rings (SSSR count). The Kier molecular flexibility index (Phi) is 4.38. The molecule has 0 bridgehead atoms. The van der Waals surface area contributed by atoms with Crippen molar-refractivity contribution in [3.8, 4) is 0 Å². The van der Waals surface area contributed by atoms with Gasteiger partial charge in [-0.15, -0.1) is 0 Å². The molecule has 0 aromatic heterocycles. The summed E-state index contributed by atoms with van der Waals surface area (Å²) in [6.45, 7) is 0.0235. The van der Waals surface area contributed by atoms with E-state index in [0.717, 1.165) is 18.2 Å². The molecule has 1 aliphatic rings. The molecule has 114 valence electrons. The SMILES string of the molecule is O=C1CNC(C(=O)Nc2cc(C(F)(F)F)ccc2Cl)CN1. The molecule has 0 saturated carbocycles. The lowest BCUT2D eigenvalue weighted by molar-refractivity contribution is -0.137. The van der Waals surface area contributed by atoms with Gasteiger partial charge in [-0.2, -0.15) is 13.2 Å². The summed E-state index contributed by atoms with van der Waals surface area (Å²) in [4.78, 5) is 22.9. The molecule has 0 aliphatic carbocycles. The Balaban J connectivity index is 2.11. The Morgan fingerprint density at radius 2 is 2.10 bits per heavy atom. The number of alkyl halides is 3. The Morgan fingerprint density at radius 3 is 2.67 bits per heavy atom. The first-order valence-electron chi connectivity index (χ1n) is 5.95. The Labute approximate surface area is 122 Å². The first kappa shape index (κ1) is 15.6. The van der Waals surface area contributed by atoms with E-state index in [1.165, 1.54) is 0 Å². The van der Waals surface area contributed by atoms with E-state index in [2.05, 4.69) is 16.0 Å². The highest BCUT2D eigenvalue weighted by atomic mass is 35.5. The standard InChI is InChI=1S/C12H11ClF3N3O2/c13-7-2-1-6(12(14,15)16)3-8(7)19-11(21)9-4-18-10(20)5-17-9/h1-3,9,17H,4-5H2,(H,18,20)(H,19,21). The molecule has 5 nitrogen and oxygen atoms in total. The molecule has 1 heterocycles. The van der Waals surface area contributed by atoms with Crippen molar-refractivity contribution >= 4 is 29.1 Å². The third-order valence-electron chi connectivity index (χ3n) is 2.88. The largest absolute Gasteiger partial charge is 0.416 e. The van der Waals surface area contributed by atoms with Gasteiger partial charge >= 0.3 is 6.18 Å². The highest BCUT2D eigenvalue weighted by Crippen LogP contribution is 2.33. The summed E-state index contributed by atoms with van der Waals surface area (Å²) in [7, 11) is 0. The average molecular weight is 322 g/mol. The molecule has 1 aliphatic heterocycles. The fourth-order valence-electron chi connectivity index (χ4n) is 1.77. The number of piperazine rings is 1. The predicted octanol–water partition coefficient (Wildman–Crippen LogP) is 1.39. The number of halogens is 4. The lowest BCUT2D eigenvalue weighted by Gasteiger charge is -2.23. The molecule has 1 fully saturated rings. The number of amides is 2. The first-order valence-corrected chi connectivity index (χ1v) is 6.33. The fourth-order valence-corrected chi connectivity index (χ4v) is 1.93. The minimum Gasteiger partial charge on any atom is -0.353 e. The maximum atomic E-state index is 12.6. The normalized spacial score (nSPS) is 19.0. The summed E-state index contributed by atoms with van der Waals surface area (Å²) in [5.41, 5.74) is -1.04. The molecule has 1 atom stereocenters. The van der Waals surface area contributed by atoms with Crippen molar-refractivity contribution in [1.29, 1.82) is 0 Å². The lowest BCUT2D eigenvalue weighted by Crippen LogP contribution is -2.56. The third kappa shape index (κ3) is 3.85. The van der Waals surface area contributed by atoms with Gasteiger partial charge in [0.05, 0.1) is 22.8 Å². The van der Waals surface area contributed by atoms with Crippen LogP contribution < -0.4 is 16.0 Å². The lowest BCUT2D eigenvalue weighted by atomic mass is 10.1. The molecule has 1 aromatic rings. The van der Waals surface area contributed by atoms with Crippen molar-refractivity contribution < 1.29 is 22.8 Å². The van der Waals surface area contributed by atoms with Crippen molar-refractivity contribution in [1.82, 2.24) is 10.6 Å². The van der Waals surface area contributed by atoms with E-state index in [1.54, 1.807) is 0 Å². The molecule has 3 N–H and O–H groups in total. The highest BCUT2D eigenvalue weighted by molar-refractivity contribution is 6.33. The summed E-state index contributed by atoms with van der Waals surface area (Å²) >= 11 is 5.78. The summed E-state index contributed by atoms with van der Waals surface area (Å²) < 4.78 is 37.9. The van der Waals surface area contributed by atoms with Crippen LogP contribution in [-0.2, 0) is 15.8 Å². The van der Waals surface area contributed by atoms with E-state index < -0.39 is 23.7 Å². The number of carbonyl (C=O) groups excluding carboxylic acids is 2. The molecule has 2 amide bonds. The zero-order valence-electron chi connectivity index (χ0n) is 10.6. The third-order valence-corrected chi connectivity index (χ3v) is 3.21. The number of hydrogen-bond acceptors (Lipinski definition) is 3. The van der Waals surface area contributed by atoms with Crippen LogP contribution >= 0.6 is 11.6 Å². The Hall–Kier alpha value is -1.80. The van der Waals surface area contributed by atoms with Crippen LogP contribution in [-0.4, -0.2) is 30.9 Å². The number of hydrogen-bond donors (Lipinski definition) is 3. The molecular weight excluding hydrogens is 311 g/mol. The van der Waals surface area contributed by atoms with Crippen LogP contribution in [0.15, 0.2) is 18.2 Å². The van der Waals surface area contributed by atoms with Crippen molar-refractivity contribution in [3.05, 3.63) is 28.8 Å². The van der Waals surface area contributed by atoms with Gasteiger partial charge in [-0.1, -0.05) is 11.6 Å². The van der Waals surface area contributed by atoms with Crippen LogP contribution in [0.5, 0.6) is 0 Å².